The molecule has 0 saturated carbocycles. The molecule has 0 bridgehead atoms. The van der Waals surface area contributed by atoms with Crippen LogP contribution in [0.2, 0.25) is 0 Å². The number of nitrogens with one attached hydrogen (secondary N) is 1. The molecular weight excluding hydrogens is 137 g/mol. The summed E-state index contributed by atoms with van der Waals surface area (Å²) < 4.78 is 0. The summed E-state index contributed by atoms with van der Waals surface area (Å²) in [7, 11) is 0. The van der Waals surface area contributed by atoms with Gasteiger partial charge in [0.2, 0.25) is 5.91 Å². The van der Waals surface area contributed by atoms with E-state index in [2.05, 4.69) is 5.32 Å². The van der Waals surface area contributed by atoms with E-state index in [-0.39, 0.29) is 11.9 Å². The van der Waals surface area contributed by atoms with E-state index in [0.29, 0.717) is 0 Å². The molecule has 0 aromatic carbocycles. The van der Waals surface area contributed by atoms with Crippen LogP contribution in [0.3, 0.4) is 0 Å². The van der Waals surface area contributed by atoms with Crippen LogP contribution in [0.1, 0.15) is 6.92 Å². The Bertz CT molecular complexity index is 198. The van der Waals surface area contributed by atoms with Crippen molar-refractivity contribution in [2.75, 3.05) is 0 Å². The Morgan fingerprint density at radius 1 is 1.36 bits per heavy atom. The number of hydrogen-bond donors (Lipinski definition) is 1. The van der Waals surface area contributed by atoms with E-state index < -0.39 is 0 Å². The molecule has 1 aromatic rings. The summed E-state index contributed by atoms with van der Waals surface area (Å²) in [6.45, 7) is 3.84. The fourth-order valence-electron chi connectivity index (χ4n) is 0.557. The SMILES string of the molecule is CC1NC1=O.b1ccccc1. The van der Waals surface area contributed by atoms with Crippen molar-refractivity contribution in [3.8, 4) is 0 Å². The van der Waals surface area contributed by atoms with Crippen LogP contribution in [0.4, 0.5) is 0 Å². The van der Waals surface area contributed by atoms with E-state index in [1.807, 2.05) is 44.0 Å². The summed E-state index contributed by atoms with van der Waals surface area (Å²) in [5, 5.41) is 2.56. The van der Waals surface area contributed by atoms with Crippen LogP contribution in [0.5, 0.6) is 0 Å². The van der Waals surface area contributed by atoms with E-state index in [1.54, 1.807) is 0 Å². The normalized spacial score (nSPS) is 19.0. The third kappa shape index (κ3) is 3.55. The number of carbonyl (C=O) groups excluding carboxylic acids is 1. The Kier molecular flexibility index (Phi) is 2.84. The van der Waals surface area contributed by atoms with Crippen LogP contribution in [0, 0.1) is 0 Å². The molecule has 11 heavy (non-hydrogen) atoms. The van der Waals surface area contributed by atoms with E-state index in [0.717, 1.165) is 0 Å². The second-order valence-electron chi connectivity index (χ2n) is 2.38. The van der Waals surface area contributed by atoms with Gasteiger partial charge >= 0.3 is 37.0 Å². The summed E-state index contributed by atoms with van der Waals surface area (Å²) in [6.07, 6.45) is 0. The maximum atomic E-state index is 9.78. The Morgan fingerprint density at radius 3 is 1.91 bits per heavy atom. The van der Waals surface area contributed by atoms with Gasteiger partial charge in [0.25, 0.3) is 0 Å². The van der Waals surface area contributed by atoms with Crippen LogP contribution in [-0.2, 0) is 4.79 Å². The fraction of sp³-hybridized carbons (Fsp3) is 0.250. The number of amides is 1. The van der Waals surface area contributed by atoms with Gasteiger partial charge in [-0.15, -0.1) is 0 Å². The summed E-state index contributed by atoms with van der Waals surface area (Å²) in [5.41, 5.74) is 0. The third-order valence-electron chi connectivity index (χ3n) is 1.34. The van der Waals surface area contributed by atoms with E-state index in [1.165, 1.54) is 0 Å². The molecule has 0 spiro atoms. The van der Waals surface area contributed by atoms with Gasteiger partial charge in [-0.1, -0.05) is 0 Å². The second-order valence-corrected chi connectivity index (χ2v) is 2.38. The first kappa shape index (κ1) is 7.99. The topological polar surface area (TPSA) is 39.0 Å². The summed E-state index contributed by atoms with van der Waals surface area (Å²) in [6, 6.07) is 6.16. The predicted molar refractivity (Wildman–Crippen MR) is 45.4 cm³/mol. The zero-order valence-electron chi connectivity index (χ0n) is 6.45. The van der Waals surface area contributed by atoms with Gasteiger partial charge in [0.15, 0.2) is 0 Å². The Morgan fingerprint density at radius 2 is 1.82 bits per heavy atom. The molecule has 1 aliphatic heterocycles. The van der Waals surface area contributed by atoms with E-state index >= 15 is 0 Å². The quantitative estimate of drug-likeness (QED) is 0.534. The fourth-order valence-corrected chi connectivity index (χ4v) is 0.557. The van der Waals surface area contributed by atoms with Gasteiger partial charge in [-0.3, -0.25) is 4.79 Å². The van der Waals surface area contributed by atoms with Crippen molar-refractivity contribution in [2.45, 2.75) is 13.0 Å². The van der Waals surface area contributed by atoms with Gasteiger partial charge in [0.1, 0.15) is 6.04 Å². The molecule has 2 rings (SSSR count). The molecule has 1 N–H and O–H groups in total. The summed E-state index contributed by atoms with van der Waals surface area (Å²) in [4.78, 5) is 9.78. The molecule has 1 aromatic heterocycles. The molecule has 1 atom stereocenters. The number of carbonyl (C=O) groups is 1. The molecule has 1 fully saturated rings. The monoisotopic (exact) mass is 147 g/mol. The molecular formula is C8H10BNO. The maximum absolute atomic E-state index is 9.78. The molecule has 56 valence electrons. The zero-order chi connectivity index (χ0) is 8.10. The minimum absolute atomic E-state index is 0.162. The molecule has 2 nitrogen and oxygen atoms in total. The van der Waals surface area contributed by atoms with Crippen LogP contribution in [-0.4, -0.2) is 18.9 Å². The Labute approximate surface area is 66.8 Å². The van der Waals surface area contributed by atoms with Gasteiger partial charge in [-0.2, -0.15) is 0 Å². The number of rotatable bonds is 0. The van der Waals surface area contributed by atoms with E-state index in [9.17, 15) is 4.79 Å². The Hall–Kier alpha value is -1.12. The summed E-state index contributed by atoms with van der Waals surface area (Å²) >= 11 is 0. The van der Waals surface area contributed by atoms with Crippen molar-refractivity contribution in [1.29, 1.82) is 0 Å². The van der Waals surface area contributed by atoms with Crippen LogP contribution in [0.15, 0.2) is 30.1 Å². The van der Waals surface area contributed by atoms with Crippen molar-refractivity contribution >= 4 is 12.8 Å². The standard InChI is InChI=1S/C5H5B.C3H5NO/c1-2-4-6-5-3-1;1-2-3(5)4-2/h1-5H;2H,1H3,(H,4,5). The first-order valence-corrected chi connectivity index (χ1v) is 3.61. The van der Waals surface area contributed by atoms with Crippen LogP contribution in [0.25, 0.3) is 0 Å². The van der Waals surface area contributed by atoms with E-state index in [4.69, 9.17) is 0 Å². The molecule has 1 amide bonds. The van der Waals surface area contributed by atoms with Gasteiger partial charge in [-0.05, 0) is 6.92 Å². The predicted octanol–water partition coefficient (Wildman–Crippen LogP) is 0.529. The van der Waals surface area contributed by atoms with Crippen molar-refractivity contribution in [3.05, 3.63) is 30.1 Å². The average Bonchev–Trinajstić information content (AvgIpc) is 2.69. The van der Waals surface area contributed by atoms with Gasteiger partial charge in [0, 0.05) is 0 Å². The molecule has 1 saturated heterocycles. The zero-order valence-corrected chi connectivity index (χ0v) is 6.45. The molecule has 1 unspecified atom stereocenters. The first-order valence-electron chi connectivity index (χ1n) is 3.61. The molecule has 2 heterocycles. The molecule has 0 aliphatic carbocycles. The van der Waals surface area contributed by atoms with Crippen molar-refractivity contribution in [1.82, 2.24) is 5.32 Å². The summed E-state index contributed by atoms with van der Waals surface area (Å²) in [5.74, 6) is 4.17. The second kappa shape index (κ2) is 3.91. The molecule has 0 radical (unpaired) electrons. The first-order chi connectivity index (χ1) is 5.30. The molecule has 1 aliphatic rings. The van der Waals surface area contributed by atoms with Crippen molar-refractivity contribution in [2.24, 2.45) is 0 Å². The number of hydrogen-bond acceptors (Lipinski definition) is 1. The van der Waals surface area contributed by atoms with Gasteiger partial charge in [0.05, 0.1) is 0 Å². The van der Waals surface area contributed by atoms with Crippen LogP contribution >= 0.6 is 0 Å². The Balaban J connectivity index is 0.000000112. The minimum atomic E-state index is 0.162. The van der Waals surface area contributed by atoms with Crippen LogP contribution < -0.4 is 5.32 Å². The average molecular weight is 147 g/mol. The van der Waals surface area contributed by atoms with Crippen molar-refractivity contribution < 1.29 is 4.79 Å². The third-order valence-corrected chi connectivity index (χ3v) is 1.34. The molecule has 3 heteroatoms. The van der Waals surface area contributed by atoms with Gasteiger partial charge in [-0.25, -0.2) is 0 Å². The van der Waals surface area contributed by atoms with Crippen molar-refractivity contribution in [3.63, 3.8) is 0 Å². The van der Waals surface area contributed by atoms with Gasteiger partial charge < -0.3 is 5.32 Å².